The Morgan fingerprint density at radius 2 is 1.74 bits per heavy atom. The summed E-state index contributed by atoms with van der Waals surface area (Å²) >= 11 is 0. The first-order valence-electron chi connectivity index (χ1n) is 7.37. The molecule has 0 aliphatic carbocycles. The first-order chi connectivity index (χ1) is 10.7. The van der Waals surface area contributed by atoms with Gasteiger partial charge in [0, 0.05) is 13.0 Å². The minimum Gasteiger partial charge on any atom is -0.493 e. The lowest BCUT2D eigenvalue weighted by atomic mass is 10.1. The molecule has 0 saturated heterocycles. The molecule has 132 valence electrons. The number of aryl methyl sites for hydroxylation is 1. The van der Waals surface area contributed by atoms with Crippen molar-refractivity contribution < 1.29 is 19.0 Å². The van der Waals surface area contributed by atoms with Crippen LogP contribution in [0.4, 0.5) is 0 Å². The SMILES string of the molecule is CNCCCNC(=O)CCc1ccc(OC)c(OC)c1OC.Cl. The summed E-state index contributed by atoms with van der Waals surface area (Å²) in [6, 6.07) is 3.72. The van der Waals surface area contributed by atoms with E-state index in [1.165, 1.54) is 0 Å². The molecule has 0 aromatic heterocycles. The van der Waals surface area contributed by atoms with Crippen LogP contribution in [0.5, 0.6) is 17.2 Å². The summed E-state index contributed by atoms with van der Waals surface area (Å²) in [7, 11) is 6.62. The van der Waals surface area contributed by atoms with Crippen LogP contribution < -0.4 is 24.8 Å². The molecule has 2 N–H and O–H groups in total. The number of ether oxygens (including phenoxy) is 3. The molecule has 0 unspecified atom stereocenters. The van der Waals surface area contributed by atoms with Crippen molar-refractivity contribution in [3.8, 4) is 17.2 Å². The Bertz CT molecular complexity index is 483. The predicted molar refractivity (Wildman–Crippen MR) is 93.2 cm³/mol. The van der Waals surface area contributed by atoms with Gasteiger partial charge in [-0.05, 0) is 38.1 Å². The summed E-state index contributed by atoms with van der Waals surface area (Å²) in [5, 5.41) is 5.94. The monoisotopic (exact) mass is 346 g/mol. The maximum Gasteiger partial charge on any atom is 0.220 e. The number of rotatable bonds is 10. The average Bonchev–Trinajstić information content (AvgIpc) is 2.55. The molecule has 0 radical (unpaired) electrons. The molecule has 0 bridgehead atoms. The van der Waals surface area contributed by atoms with Crippen molar-refractivity contribution in [1.82, 2.24) is 10.6 Å². The van der Waals surface area contributed by atoms with E-state index in [0.717, 1.165) is 18.5 Å². The van der Waals surface area contributed by atoms with E-state index >= 15 is 0 Å². The van der Waals surface area contributed by atoms with Crippen molar-refractivity contribution in [2.45, 2.75) is 19.3 Å². The van der Waals surface area contributed by atoms with Crippen LogP contribution in [0, 0.1) is 0 Å². The highest BCUT2D eigenvalue weighted by Crippen LogP contribution is 2.40. The molecular formula is C16H27ClN2O4. The second-order valence-corrected chi connectivity index (χ2v) is 4.80. The molecule has 0 atom stereocenters. The number of carbonyl (C=O) groups is 1. The quantitative estimate of drug-likeness (QED) is 0.632. The van der Waals surface area contributed by atoms with Gasteiger partial charge in [0.05, 0.1) is 21.3 Å². The van der Waals surface area contributed by atoms with Gasteiger partial charge in [-0.25, -0.2) is 0 Å². The van der Waals surface area contributed by atoms with Gasteiger partial charge in [-0.2, -0.15) is 0 Å². The smallest absolute Gasteiger partial charge is 0.220 e. The Morgan fingerprint density at radius 1 is 1.04 bits per heavy atom. The van der Waals surface area contributed by atoms with Gasteiger partial charge in [0.1, 0.15) is 0 Å². The first kappa shape index (κ1) is 21.3. The lowest BCUT2D eigenvalue weighted by molar-refractivity contribution is -0.121. The fraction of sp³-hybridized carbons (Fsp3) is 0.562. The van der Waals surface area contributed by atoms with E-state index in [9.17, 15) is 4.79 Å². The Labute approximate surface area is 144 Å². The van der Waals surface area contributed by atoms with Gasteiger partial charge in [0.15, 0.2) is 11.5 Å². The number of amides is 1. The van der Waals surface area contributed by atoms with Crippen LogP contribution in [0.15, 0.2) is 12.1 Å². The summed E-state index contributed by atoms with van der Waals surface area (Å²) in [5.74, 6) is 1.81. The average molecular weight is 347 g/mol. The van der Waals surface area contributed by atoms with E-state index in [0.29, 0.717) is 36.6 Å². The third-order valence-corrected chi connectivity index (χ3v) is 3.33. The van der Waals surface area contributed by atoms with Gasteiger partial charge in [0.2, 0.25) is 11.7 Å². The summed E-state index contributed by atoms with van der Waals surface area (Å²) in [4.78, 5) is 11.8. The van der Waals surface area contributed by atoms with Crippen LogP contribution >= 0.6 is 12.4 Å². The molecule has 6 nitrogen and oxygen atoms in total. The van der Waals surface area contributed by atoms with Crippen LogP contribution in [-0.2, 0) is 11.2 Å². The standard InChI is InChI=1S/C16H26N2O4.ClH/c1-17-10-5-11-18-14(19)9-7-12-6-8-13(20-2)16(22-4)15(12)21-3;/h6,8,17H,5,7,9-11H2,1-4H3,(H,18,19);1H. The molecule has 1 aromatic rings. The molecule has 1 aromatic carbocycles. The lowest BCUT2D eigenvalue weighted by Crippen LogP contribution is -2.26. The van der Waals surface area contributed by atoms with Crippen molar-refractivity contribution in [3.63, 3.8) is 0 Å². The minimum absolute atomic E-state index is 0. The Morgan fingerprint density at radius 3 is 2.30 bits per heavy atom. The second-order valence-electron chi connectivity index (χ2n) is 4.80. The number of hydrogen-bond acceptors (Lipinski definition) is 5. The number of hydrogen-bond donors (Lipinski definition) is 2. The fourth-order valence-corrected chi connectivity index (χ4v) is 2.19. The van der Waals surface area contributed by atoms with Gasteiger partial charge in [-0.1, -0.05) is 6.07 Å². The van der Waals surface area contributed by atoms with Crippen LogP contribution in [0.2, 0.25) is 0 Å². The molecule has 7 heteroatoms. The third kappa shape index (κ3) is 6.54. The molecule has 1 rings (SSSR count). The van der Waals surface area contributed by atoms with E-state index in [4.69, 9.17) is 14.2 Å². The van der Waals surface area contributed by atoms with Crippen molar-refractivity contribution in [2.75, 3.05) is 41.5 Å². The van der Waals surface area contributed by atoms with E-state index < -0.39 is 0 Å². The summed E-state index contributed by atoms with van der Waals surface area (Å²) in [5.41, 5.74) is 0.922. The molecule has 0 heterocycles. The van der Waals surface area contributed by atoms with Gasteiger partial charge >= 0.3 is 0 Å². The Kier molecular flexibility index (Phi) is 11.0. The van der Waals surface area contributed by atoms with Gasteiger partial charge in [-0.15, -0.1) is 12.4 Å². The lowest BCUT2D eigenvalue weighted by Gasteiger charge is -2.15. The van der Waals surface area contributed by atoms with Crippen molar-refractivity contribution in [2.24, 2.45) is 0 Å². The van der Waals surface area contributed by atoms with E-state index in [1.54, 1.807) is 21.3 Å². The van der Waals surface area contributed by atoms with Crippen molar-refractivity contribution >= 4 is 18.3 Å². The molecular weight excluding hydrogens is 320 g/mol. The van der Waals surface area contributed by atoms with Gasteiger partial charge in [-0.3, -0.25) is 4.79 Å². The largest absolute Gasteiger partial charge is 0.493 e. The van der Waals surface area contributed by atoms with E-state index in [1.807, 2.05) is 19.2 Å². The zero-order valence-corrected chi connectivity index (χ0v) is 15.0. The van der Waals surface area contributed by atoms with Crippen molar-refractivity contribution in [3.05, 3.63) is 17.7 Å². The highest BCUT2D eigenvalue weighted by atomic mass is 35.5. The zero-order valence-electron chi connectivity index (χ0n) is 14.2. The number of methoxy groups -OCH3 is 3. The van der Waals surface area contributed by atoms with Crippen LogP contribution in [0.3, 0.4) is 0 Å². The molecule has 23 heavy (non-hydrogen) atoms. The zero-order chi connectivity index (χ0) is 16.4. The summed E-state index contributed by atoms with van der Waals surface area (Å²) in [6.07, 6.45) is 1.91. The Hall–Kier alpha value is -1.66. The number of benzene rings is 1. The third-order valence-electron chi connectivity index (χ3n) is 3.33. The Balaban J connectivity index is 0.00000484. The number of nitrogens with one attached hydrogen (secondary N) is 2. The maximum atomic E-state index is 11.8. The highest BCUT2D eigenvalue weighted by Gasteiger charge is 2.16. The minimum atomic E-state index is 0. The normalized spacial score (nSPS) is 9.74. The van der Waals surface area contributed by atoms with E-state index in [2.05, 4.69) is 10.6 Å². The van der Waals surface area contributed by atoms with Gasteiger partial charge in [0.25, 0.3) is 0 Å². The highest BCUT2D eigenvalue weighted by molar-refractivity contribution is 5.85. The molecule has 0 fully saturated rings. The number of carbonyl (C=O) groups excluding carboxylic acids is 1. The number of halogens is 1. The molecule has 0 aliphatic heterocycles. The van der Waals surface area contributed by atoms with Crippen LogP contribution in [-0.4, -0.2) is 47.4 Å². The van der Waals surface area contributed by atoms with Crippen LogP contribution in [0.1, 0.15) is 18.4 Å². The maximum absolute atomic E-state index is 11.8. The van der Waals surface area contributed by atoms with Crippen molar-refractivity contribution in [1.29, 1.82) is 0 Å². The summed E-state index contributed by atoms with van der Waals surface area (Å²) < 4.78 is 16.0. The molecule has 0 aliphatic rings. The molecule has 0 saturated carbocycles. The van der Waals surface area contributed by atoms with Crippen LogP contribution in [0.25, 0.3) is 0 Å². The van der Waals surface area contributed by atoms with Gasteiger partial charge < -0.3 is 24.8 Å². The first-order valence-corrected chi connectivity index (χ1v) is 7.37. The van der Waals surface area contributed by atoms with E-state index in [-0.39, 0.29) is 18.3 Å². The molecule has 1 amide bonds. The second kappa shape index (κ2) is 11.8. The fourth-order valence-electron chi connectivity index (χ4n) is 2.19. The summed E-state index contributed by atoms with van der Waals surface area (Å²) in [6.45, 7) is 1.58. The topological polar surface area (TPSA) is 68.8 Å². The molecule has 0 spiro atoms. The predicted octanol–water partition coefficient (Wildman–Crippen LogP) is 1.79.